The lowest BCUT2D eigenvalue weighted by molar-refractivity contribution is -0.123. The fourth-order valence-corrected chi connectivity index (χ4v) is 4.90. The van der Waals surface area contributed by atoms with Gasteiger partial charge in [-0.15, -0.1) is 0 Å². The number of halogens is 2. The summed E-state index contributed by atoms with van der Waals surface area (Å²) in [5.41, 5.74) is 2.64. The molecule has 1 amide bonds. The van der Waals surface area contributed by atoms with Gasteiger partial charge in [-0.1, -0.05) is 6.07 Å². The molecule has 0 unspecified atom stereocenters. The maximum Gasteiger partial charge on any atom is 0.251 e. The van der Waals surface area contributed by atoms with Crippen LogP contribution < -0.4 is 5.32 Å². The largest absolute Gasteiger partial charge is 0.508 e. The number of aromatic hydroxyl groups is 1. The molecule has 33 heavy (non-hydrogen) atoms. The van der Waals surface area contributed by atoms with E-state index in [-0.39, 0.29) is 24.1 Å². The summed E-state index contributed by atoms with van der Waals surface area (Å²) in [6.45, 7) is 5.30. The zero-order chi connectivity index (χ0) is 24.4. The molecule has 1 heterocycles. The minimum absolute atomic E-state index is 0.00648. The molecule has 2 aromatic rings. The average molecular weight is 460 g/mol. The normalized spacial score (nSPS) is 17.0. The van der Waals surface area contributed by atoms with Crippen molar-refractivity contribution in [1.29, 1.82) is 0 Å². The van der Waals surface area contributed by atoms with Crippen LogP contribution in [-0.2, 0) is 11.2 Å². The van der Waals surface area contributed by atoms with Crippen molar-refractivity contribution in [2.24, 2.45) is 5.41 Å². The highest BCUT2D eigenvalue weighted by Gasteiger charge is 2.63. The summed E-state index contributed by atoms with van der Waals surface area (Å²) >= 11 is 0. The third kappa shape index (κ3) is 5.69. The monoisotopic (exact) mass is 459 g/mol. The molecule has 7 heteroatoms. The van der Waals surface area contributed by atoms with Crippen LogP contribution in [0.1, 0.15) is 54.4 Å². The van der Waals surface area contributed by atoms with Crippen molar-refractivity contribution in [3.05, 3.63) is 58.9 Å². The van der Waals surface area contributed by atoms with Crippen molar-refractivity contribution < 1.29 is 18.7 Å². The lowest BCUT2D eigenvalue weighted by atomic mass is 9.77. The number of pyridine rings is 1. The van der Waals surface area contributed by atoms with E-state index in [4.69, 9.17) is 0 Å². The number of hydrogen-bond acceptors (Lipinski definition) is 4. The molecule has 1 aliphatic rings. The van der Waals surface area contributed by atoms with Crippen LogP contribution in [0, 0.1) is 19.3 Å². The molecule has 5 nitrogen and oxygen atoms in total. The second kappa shape index (κ2) is 9.75. The first-order valence-corrected chi connectivity index (χ1v) is 11.4. The van der Waals surface area contributed by atoms with Gasteiger partial charge in [0.15, 0.2) is 0 Å². The number of amides is 1. The van der Waals surface area contributed by atoms with Crippen LogP contribution in [0.5, 0.6) is 5.75 Å². The third-order valence-electron chi connectivity index (χ3n) is 7.19. The highest BCUT2D eigenvalue weighted by atomic mass is 19.3. The standard InChI is InChI=1S/C26H35F2N3O2/c1-17-11-21(32)12-18(2)22(17)13-20(31(4)5)16-30-24(33)14-23(19-7-6-10-29-15-19)26(8-9-26)25(3,27)28/h6-7,10-12,15,20,23,32H,8-9,13-14,16H2,1-5H3,(H,30,33)/t20-,23-/m0/s1. The highest BCUT2D eigenvalue weighted by Crippen LogP contribution is 2.65. The van der Waals surface area contributed by atoms with Gasteiger partial charge in [0, 0.05) is 42.7 Å². The molecule has 1 fully saturated rings. The molecule has 0 bridgehead atoms. The van der Waals surface area contributed by atoms with Gasteiger partial charge in [-0.25, -0.2) is 8.78 Å². The van der Waals surface area contributed by atoms with E-state index >= 15 is 0 Å². The first-order valence-electron chi connectivity index (χ1n) is 11.4. The molecule has 0 saturated heterocycles. The molecule has 2 N–H and O–H groups in total. The van der Waals surface area contributed by atoms with E-state index in [1.165, 1.54) is 0 Å². The summed E-state index contributed by atoms with van der Waals surface area (Å²) in [5.74, 6) is -3.43. The Morgan fingerprint density at radius 2 is 1.91 bits per heavy atom. The molecule has 3 rings (SSSR count). The number of nitrogens with one attached hydrogen (secondary N) is 1. The molecule has 1 saturated carbocycles. The fraction of sp³-hybridized carbons (Fsp3) is 0.538. The van der Waals surface area contributed by atoms with E-state index in [1.807, 2.05) is 32.8 Å². The van der Waals surface area contributed by atoms with Gasteiger partial charge in [0.2, 0.25) is 5.91 Å². The lowest BCUT2D eigenvalue weighted by Gasteiger charge is -2.32. The Kier molecular flexibility index (Phi) is 7.42. The number of phenolic OH excluding ortho intramolecular Hbond substituents is 1. The second-order valence-corrected chi connectivity index (χ2v) is 9.77. The van der Waals surface area contributed by atoms with Crippen LogP contribution in [0.25, 0.3) is 0 Å². The van der Waals surface area contributed by atoms with Crippen molar-refractivity contribution in [3.63, 3.8) is 0 Å². The van der Waals surface area contributed by atoms with Gasteiger partial charge in [-0.3, -0.25) is 9.78 Å². The van der Waals surface area contributed by atoms with E-state index in [9.17, 15) is 18.7 Å². The minimum atomic E-state index is -2.87. The molecule has 0 aliphatic heterocycles. The van der Waals surface area contributed by atoms with Gasteiger partial charge in [-0.05, 0) is 94.6 Å². The van der Waals surface area contributed by atoms with Crippen LogP contribution in [0.15, 0.2) is 36.7 Å². The van der Waals surface area contributed by atoms with Crippen molar-refractivity contribution in [2.45, 2.75) is 64.3 Å². The van der Waals surface area contributed by atoms with Crippen molar-refractivity contribution in [3.8, 4) is 5.75 Å². The summed E-state index contributed by atoms with van der Waals surface area (Å²) in [5, 5.41) is 12.8. The number of alkyl halides is 2. The van der Waals surface area contributed by atoms with E-state index in [2.05, 4.69) is 10.3 Å². The number of hydrogen-bond donors (Lipinski definition) is 2. The first-order chi connectivity index (χ1) is 15.4. The maximum absolute atomic E-state index is 14.5. The summed E-state index contributed by atoms with van der Waals surface area (Å²) in [7, 11) is 3.91. The van der Waals surface area contributed by atoms with Gasteiger partial charge in [0.05, 0.1) is 0 Å². The van der Waals surface area contributed by atoms with Gasteiger partial charge >= 0.3 is 0 Å². The summed E-state index contributed by atoms with van der Waals surface area (Å²) in [6.07, 6.45) is 4.73. The number of nitrogens with zero attached hydrogens (tertiary/aromatic N) is 2. The van der Waals surface area contributed by atoms with Gasteiger partial charge in [-0.2, -0.15) is 0 Å². The Hall–Kier alpha value is -2.54. The number of benzene rings is 1. The Bertz CT molecular complexity index is 946. The maximum atomic E-state index is 14.5. The molecule has 1 aromatic heterocycles. The predicted octanol–water partition coefficient (Wildman–Crippen LogP) is 4.60. The number of likely N-dealkylation sites (N-methyl/N-ethyl adjacent to an activating group) is 1. The van der Waals surface area contributed by atoms with Crippen LogP contribution in [-0.4, -0.2) is 53.5 Å². The molecular weight excluding hydrogens is 424 g/mol. The Balaban J connectivity index is 1.71. The second-order valence-electron chi connectivity index (χ2n) is 9.77. The quantitative estimate of drug-likeness (QED) is 0.545. The summed E-state index contributed by atoms with van der Waals surface area (Å²) < 4.78 is 29.1. The topological polar surface area (TPSA) is 65.5 Å². The first kappa shape index (κ1) is 25.1. The molecule has 2 atom stereocenters. The third-order valence-corrected chi connectivity index (χ3v) is 7.19. The number of aryl methyl sites for hydroxylation is 2. The van der Waals surface area contributed by atoms with Crippen LogP contribution >= 0.6 is 0 Å². The molecule has 0 spiro atoms. The zero-order valence-corrected chi connectivity index (χ0v) is 20.2. The molecule has 1 aromatic carbocycles. The number of aromatic nitrogens is 1. The smallest absolute Gasteiger partial charge is 0.251 e. The number of carbonyl (C=O) groups is 1. The van der Waals surface area contributed by atoms with Crippen LogP contribution in [0.4, 0.5) is 8.78 Å². The molecular formula is C26H35F2N3O2. The predicted molar refractivity (Wildman–Crippen MR) is 126 cm³/mol. The van der Waals surface area contributed by atoms with Crippen LogP contribution in [0.3, 0.4) is 0 Å². The Morgan fingerprint density at radius 1 is 1.27 bits per heavy atom. The van der Waals surface area contributed by atoms with E-state index < -0.39 is 17.3 Å². The number of phenols is 1. The van der Waals surface area contributed by atoms with Crippen LogP contribution in [0.2, 0.25) is 0 Å². The van der Waals surface area contributed by atoms with Gasteiger partial charge < -0.3 is 15.3 Å². The minimum Gasteiger partial charge on any atom is -0.508 e. The SMILES string of the molecule is Cc1cc(O)cc(C)c1C[C@@H](CNC(=O)C[C@@H](c1cccnc1)C1(C(C)(F)F)CC1)N(C)C. The van der Waals surface area contributed by atoms with Crippen molar-refractivity contribution in [1.82, 2.24) is 15.2 Å². The van der Waals surface area contributed by atoms with Gasteiger partial charge in [0.25, 0.3) is 5.92 Å². The lowest BCUT2D eigenvalue weighted by Crippen LogP contribution is -2.43. The Labute approximate surface area is 195 Å². The van der Waals surface area contributed by atoms with Crippen molar-refractivity contribution >= 4 is 5.91 Å². The zero-order valence-electron chi connectivity index (χ0n) is 20.2. The number of carbonyl (C=O) groups excluding carboxylic acids is 1. The summed E-state index contributed by atoms with van der Waals surface area (Å²) in [4.78, 5) is 19.1. The van der Waals surface area contributed by atoms with Gasteiger partial charge in [0.1, 0.15) is 5.75 Å². The number of rotatable bonds is 10. The van der Waals surface area contributed by atoms with E-state index in [0.717, 1.165) is 23.6 Å². The molecule has 1 aliphatic carbocycles. The Morgan fingerprint density at radius 3 is 2.39 bits per heavy atom. The average Bonchev–Trinajstić information content (AvgIpc) is 3.53. The fourth-order valence-electron chi connectivity index (χ4n) is 4.90. The highest BCUT2D eigenvalue weighted by molar-refractivity contribution is 5.77. The van der Waals surface area contributed by atoms with E-state index in [0.29, 0.717) is 31.4 Å². The summed E-state index contributed by atoms with van der Waals surface area (Å²) in [6, 6.07) is 7.03. The van der Waals surface area contributed by atoms with Crippen molar-refractivity contribution in [2.75, 3.05) is 20.6 Å². The molecule has 0 radical (unpaired) electrons. The van der Waals surface area contributed by atoms with E-state index in [1.54, 1.807) is 36.7 Å². The molecule has 180 valence electrons.